The van der Waals surface area contributed by atoms with Gasteiger partial charge in [0.25, 0.3) is 0 Å². The molecule has 1 saturated heterocycles. The normalized spacial score (nSPS) is 15.8. The lowest BCUT2D eigenvalue weighted by molar-refractivity contribution is 0.146. The molecule has 0 N–H and O–H groups in total. The van der Waals surface area contributed by atoms with Crippen molar-refractivity contribution in [3.05, 3.63) is 68.8 Å². The number of nitrogens with zero attached hydrogens (tertiary/aromatic N) is 4. The Morgan fingerprint density at radius 3 is 2.21 bits per heavy atom. The Morgan fingerprint density at radius 1 is 0.897 bits per heavy atom. The lowest BCUT2D eigenvalue weighted by atomic mass is 10.1. The molecule has 152 valence electrons. The maximum absolute atomic E-state index is 6.54. The van der Waals surface area contributed by atoms with E-state index in [0.717, 1.165) is 60.9 Å². The first-order chi connectivity index (χ1) is 13.9. The quantitative estimate of drug-likeness (QED) is 0.521. The summed E-state index contributed by atoms with van der Waals surface area (Å²) < 4.78 is 1.93. The Morgan fingerprint density at radius 2 is 1.55 bits per heavy atom. The average Bonchev–Trinajstić information content (AvgIpc) is 3.00. The topological polar surface area (TPSA) is 24.3 Å². The maximum atomic E-state index is 6.54. The Labute approximate surface area is 186 Å². The molecule has 2 heterocycles. The largest absolute Gasteiger partial charge is 0.304 e. The van der Waals surface area contributed by atoms with E-state index in [0.29, 0.717) is 15.1 Å². The molecule has 1 fully saturated rings. The van der Waals surface area contributed by atoms with E-state index in [-0.39, 0.29) is 0 Å². The first kappa shape index (κ1) is 20.7. The van der Waals surface area contributed by atoms with Gasteiger partial charge < -0.3 is 4.90 Å². The summed E-state index contributed by atoms with van der Waals surface area (Å²) in [4.78, 5) is 4.81. The van der Waals surface area contributed by atoms with E-state index in [1.165, 1.54) is 0 Å². The molecular formula is C22H23Cl3N4. The van der Waals surface area contributed by atoms with Crippen LogP contribution in [-0.2, 0) is 6.54 Å². The molecule has 3 aromatic rings. The molecule has 0 saturated carbocycles. The van der Waals surface area contributed by atoms with Crippen molar-refractivity contribution < 1.29 is 0 Å². The van der Waals surface area contributed by atoms with Crippen molar-refractivity contribution in [3.8, 4) is 16.9 Å². The van der Waals surface area contributed by atoms with Crippen molar-refractivity contribution in [1.82, 2.24) is 19.6 Å². The molecular weight excluding hydrogens is 427 g/mol. The smallest absolute Gasteiger partial charge is 0.0840 e. The molecule has 0 unspecified atom stereocenters. The molecule has 1 aliphatic heterocycles. The Balaban J connectivity index is 1.78. The Hall–Kier alpha value is -1.56. The van der Waals surface area contributed by atoms with Crippen LogP contribution < -0.4 is 0 Å². The van der Waals surface area contributed by atoms with Crippen LogP contribution in [-0.4, -0.2) is 52.8 Å². The summed E-state index contributed by atoms with van der Waals surface area (Å²) in [5.74, 6) is 0. The summed E-state index contributed by atoms with van der Waals surface area (Å²) in [6.07, 6.45) is 0. The molecule has 0 spiro atoms. The number of aromatic nitrogens is 2. The minimum absolute atomic E-state index is 0.571. The third-order valence-corrected chi connectivity index (χ3v) is 6.24. The molecule has 0 atom stereocenters. The summed E-state index contributed by atoms with van der Waals surface area (Å²) in [5, 5.41) is 6.87. The van der Waals surface area contributed by atoms with Gasteiger partial charge >= 0.3 is 0 Å². The van der Waals surface area contributed by atoms with Crippen LogP contribution in [0.2, 0.25) is 15.1 Å². The van der Waals surface area contributed by atoms with Crippen LogP contribution in [0, 0.1) is 6.92 Å². The Kier molecular flexibility index (Phi) is 6.19. The number of piperazine rings is 1. The van der Waals surface area contributed by atoms with Crippen molar-refractivity contribution in [2.24, 2.45) is 0 Å². The molecule has 4 rings (SSSR count). The van der Waals surface area contributed by atoms with Crippen molar-refractivity contribution in [2.75, 3.05) is 33.2 Å². The minimum atomic E-state index is 0.571. The highest BCUT2D eigenvalue weighted by Gasteiger charge is 2.22. The van der Waals surface area contributed by atoms with E-state index < -0.39 is 0 Å². The van der Waals surface area contributed by atoms with Crippen LogP contribution in [0.15, 0.2) is 42.5 Å². The SMILES string of the molecule is Cc1c(CN2CCN(C)CC2)nn(-c2ccc(Cl)cc2Cl)c1-c1ccc(Cl)cc1. The molecule has 0 radical (unpaired) electrons. The fraction of sp³-hybridized carbons (Fsp3) is 0.318. The molecule has 7 heteroatoms. The van der Waals surface area contributed by atoms with Gasteiger partial charge in [-0.2, -0.15) is 5.10 Å². The highest BCUT2D eigenvalue weighted by Crippen LogP contribution is 2.33. The monoisotopic (exact) mass is 448 g/mol. The van der Waals surface area contributed by atoms with Gasteiger partial charge in [-0.15, -0.1) is 0 Å². The maximum Gasteiger partial charge on any atom is 0.0840 e. The second-order valence-corrected chi connectivity index (χ2v) is 8.79. The highest BCUT2D eigenvalue weighted by atomic mass is 35.5. The standard InChI is InChI=1S/C22H23Cl3N4/c1-15-20(14-28-11-9-27(2)10-12-28)26-29(21-8-7-18(24)13-19(21)25)22(15)16-3-5-17(23)6-4-16/h3-8,13H,9-12,14H2,1-2H3. The van der Waals surface area contributed by atoms with Gasteiger partial charge in [0, 0.05) is 48.3 Å². The first-order valence-electron chi connectivity index (χ1n) is 9.63. The predicted octanol–water partition coefficient (Wildman–Crippen LogP) is 5.56. The van der Waals surface area contributed by atoms with Crippen LogP contribution >= 0.6 is 34.8 Å². The van der Waals surface area contributed by atoms with Crippen molar-refractivity contribution >= 4 is 34.8 Å². The lowest BCUT2D eigenvalue weighted by Crippen LogP contribution is -2.44. The number of hydrogen-bond donors (Lipinski definition) is 0. The van der Waals surface area contributed by atoms with Gasteiger partial charge in [-0.1, -0.05) is 46.9 Å². The molecule has 4 nitrogen and oxygen atoms in total. The average molecular weight is 450 g/mol. The third-order valence-electron chi connectivity index (χ3n) is 5.45. The van der Waals surface area contributed by atoms with Crippen LogP contribution in [0.1, 0.15) is 11.3 Å². The van der Waals surface area contributed by atoms with Crippen LogP contribution in [0.4, 0.5) is 0 Å². The second-order valence-electron chi connectivity index (χ2n) is 7.51. The third kappa shape index (κ3) is 4.47. The van der Waals surface area contributed by atoms with Gasteiger partial charge in [0.2, 0.25) is 0 Å². The highest BCUT2D eigenvalue weighted by molar-refractivity contribution is 6.35. The number of rotatable bonds is 4. The van der Waals surface area contributed by atoms with E-state index in [1.54, 1.807) is 6.07 Å². The zero-order valence-corrected chi connectivity index (χ0v) is 18.8. The van der Waals surface area contributed by atoms with E-state index in [4.69, 9.17) is 39.9 Å². The van der Waals surface area contributed by atoms with Gasteiger partial charge in [0.15, 0.2) is 0 Å². The van der Waals surface area contributed by atoms with Crippen molar-refractivity contribution in [3.63, 3.8) is 0 Å². The molecule has 1 aliphatic rings. The molecule has 0 aliphatic carbocycles. The number of benzene rings is 2. The zero-order valence-electron chi connectivity index (χ0n) is 16.5. The molecule has 0 bridgehead atoms. The second kappa shape index (κ2) is 8.66. The van der Waals surface area contributed by atoms with Crippen LogP contribution in [0.25, 0.3) is 16.9 Å². The summed E-state index contributed by atoms with van der Waals surface area (Å²) in [6.45, 7) is 7.18. The zero-order chi connectivity index (χ0) is 20.5. The van der Waals surface area contributed by atoms with Gasteiger partial charge in [0.1, 0.15) is 0 Å². The fourth-order valence-corrected chi connectivity index (χ4v) is 4.30. The summed E-state index contributed by atoms with van der Waals surface area (Å²) >= 11 is 18.8. The van der Waals surface area contributed by atoms with Crippen molar-refractivity contribution in [1.29, 1.82) is 0 Å². The van der Waals surface area contributed by atoms with E-state index in [9.17, 15) is 0 Å². The van der Waals surface area contributed by atoms with Gasteiger partial charge in [-0.05, 0) is 49.9 Å². The van der Waals surface area contributed by atoms with E-state index in [2.05, 4.69) is 23.8 Å². The first-order valence-corrected chi connectivity index (χ1v) is 10.8. The number of likely N-dealkylation sites (N-methyl/N-ethyl adjacent to an activating group) is 1. The Bertz CT molecular complexity index is 1010. The fourth-order valence-electron chi connectivity index (χ4n) is 3.68. The summed E-state index contributed by atoms with van der Waals surface area (Å²) in [5.41, 5.74) is 5.10. The number of halogens is 3. The minimum Gasteiger partial charge on any atom is -0.304 e. The van der Waals surface area contributed by atoms with Gasteiger partial charge in [-0.25, -0.2) is 4.68 Å². The lowest BCUT2D eigenvalue weighted by Gasteiger charge is -2.31. The van der Waals surface area contributed by atoms with E-state index >= 15 is 0 Å². The van der Waals surface area contributed by atoms with Crippen molar-refractivity contribution in [2.45, 2.75) is 13.5 Å². The molecule has 29 heavy (non-hydrogen) atoms. The summed E-state index contributed by atoms with van der Waals surface area (Å²) in [7, 11) is 2.17. The van der Waals surface area contributed by atoms with E-state index in [1.807, 2.05) is 41.1 Å². The predicted molar refractivity (Wildman–Crippen MR) is 122 cm³/mol. The number of hydrogen-bond acceptors (Lipinski definition) is 3. The van der Waals surface area contributed by atoms with Crippen LogP contribution in [0.5, 0.6) is 0 Å². The molecule has 0 amide bonds. The summed E-state index contributed by atoms with van der Waals surface area (Å²) in [6, 6.07) is 13.3. The van der Waals surface area contributed by atoms with Crippen LogP contribution in [0.3, 0.4) is 0 Å². The van der Waals surface area contributed by atoms with Gasteiger partial charge in [-0.3, -0.25) is 4.90 Å². The molecule has 2 aromatic carbocycles. The molecule has 1 aromatic heterocycles. The van der Waals surface area contributed by atoms with Gasteiger partial charge in [0.05, 0.1) is 22.1 Å².